The summed E-state index contributed by atoms with van der Waals surface area (Å²) in [7, 11) is 1.85. The van der Waals surface area contributed by atoms with E-state index in [9.17, 15) is 9.59 Å². The average molecular weight is 345 g/mol. The third-order valence-corrected chi connectivity index (χ3v) is 5.18. The van der Waals surface area contributed by atoms with Gasteiger partial charge in [-0.1, -0.05) is 43.7 Å². The van der Waals surface area contributed by atoms with Crippen LogP contribution in [-0.4, -0.2) is 53.8 Å². The molecule has 0 saturated carbocycles. The number of hydrogen-bond donors (Lipinski definition) is 1. The van der Waals surface area contributed by atoms with Gasteiger partial charge >= 0.3 is 0 Å². The smallest absolute Gasteiger partial charge is 0.239 e. The summed E-state index contributed by atoms with van der Waals surface area (Å²) in [4.78, 5) is 28.0. The van der Waals surface area contributed by atoms with E-state index in [1.165, 1.54) is 0 Å². The lowest BCUT2D eigenvalue weighted by molar-refractivity contribution is -0.134. The number of nitrogens with zero attached hydrogens (tertiary/aromatic N) is 2. The molecule has 2 amide bonds. The molecular formula is C20H31N3O2. The molecule has 1 heterocycles. The molecule has 0 unspecified atom stereocenters. The van der Waals surface area contributed by atoms with E-state index >= 15 is 0 Å². The summed E-state index contributed by atoms with van der Waals surface area (Å²) in [6.07, 6.45) is 1.90. The number of nitrogens with one attached hydrogen (secondary N) is 1. The number of piperidine rings is 1. The minimum atomic E-state index is -0.225. The van der Waals surface area contributed by atoms with E-state index in [1.54, 1.807) is 11.8 Å². The zero-order valence-corrected chi connectivity index (χ0v) is 15.9. The number of likely N-dealkylation sites (N-methyl/N-ethyl adjacent to an activating group) is 1. The Balaban J connectivity index is 1.90. The summed E-state index contributed by atoms with van der Waals surface area (Å²) in [5.41, 5.74) is 1.13. The van der Waals surface area contributed by atoms with Crippen molar-refractivity contribution < 1.29 is 9.59 Å². The van der Waals surface area contributed by atoms with Gasteiger partial charge in [-0.05, 0) is 24.8 Å². The maximum Gasteiger partial charge on any atom is 0.239 e. The topological polar surface area (TPSA) is 52.7 Å². The van der Waals surface area contributed by atoms with E-state index in [-0.39, 0.29) is 23.9 Å². The molecule has 0 aromatic heterocycles. The van der Waals surface area contributed by atoms with Crippen molar-refractivity contribution in [2.75, 3.05) is 20.1 Å². The lowest BCUT2D eigenvalue weighted by atomic mass is 9.89. The maximum absolute atomic E-state index is 12.7. The van der Waals surface area contributed by atoms with E-state index in [0.29, 0.717) is 12.5 Å². The molecule has 2 rings (SSSR count). The van der Waals surface area contributed by atoms with Crippen LogP contribution in [0.1, 0.15) is 39.2 Å². The van der Waals surface area contributed by atoms with E-state index < -0.39 is 0 Å². The van der Waals surface area contributed by atoms with Crippen LogP contribution in [0.3, 0.4) is 0 Å². The van der Waals surface area contributed by atoms with Crippen LogP contribution < -0.4 is 5.32 Å². The molecule has 1 aromatic carbocycles. The molecule has 3 atom stereocenters. The second kappa shape index (κ2) is 8.99. The van der Waals surface area contributed by atoms with Crippen molar-refractivity contribution in [2.24, 2.45) is 5.92 Å². The van der Waals surface area contributed by atoms with Crippen molar-refractivity contribution in [1.29, 1.82) is 0 Å². The fourth-order valence-electron chi connectivity index (χ4n) is 3.61. The van der Waals surface area contributed by atoms with Gasteiger partial charge in [0.1, 0.15) is 0 Å². The number of likely N-dealkylation sites (tertiary alicyclic amines) is 1. The van der Waals surface area contributed by atoms with Gasteiger partial charge in [0.05, 0.1) is 6.04 Å². The van der Waals surface area contributed by atoms with Crippen molar-refractivity contribution in [2.45, 2.75) is 52.2 Å². The first-order chi connectivity index (χ1) is 11.9. The fourth-order valence-corrected chi connectivity index (χ4v) is 3.61. The summed E-state index contributed by atoms with van der Waals surface area (Å²) < 4.78 is 0. The first kappa shape index (κ1) is 19.4. The Labute approximate surface area is 151 Å². The molecule has 0 radical (unpaired) electrons. The minimum Gasteiger partial charge on any atom is -0.343 e. The molecule has 0 bridgehead atoms. The third-order valence-electron chi connectivity index (χ3n) is 5.18. The van der Waals surface area contributed by atoms with Gasteiger partial charge in [0.15, 0.2) is 0 Å². The number of benzene rings is 1. The van der Waals surface area contributed by atoms with Crippen LogP contribution in [0.5, 0.6) is 0 Å². The van der Waals surface area contributed by atoms with E-state index in [4.69, 9.17) is 0 Å². The number of carbonyl (C=O) groups is 2. The van der Waals surface area contributed by atoms with Crippen LogP contribution >= 0.6 is 0 Å². The lowest BCUT2D eigenvalue weighted by Crippen LogP contribution is -2.55. The molecule has 0 aliphatic carbocycles. The normalized spacial score (nSPS) is 21.7. The highest BCUT2D eigenvalue weighted by Gasteiger charge is 2.31. The first-order valence-corrected chi connectivity index (χ1v) is 9.22. The van der Waals surface area contributed by atoms with Crippen LogP contribution in [0.25, 0.3) is 0 Å². The van der Waals surface area contributed by atoms with Crippen LogP contribution in [-0.2, 0) is 16.1 Å². The summed E-state index contributed by atoms with van der Waals surface area (Å²) in [6.45, 7) is 7.89. The van der Waals surface area contributed by atoms with E-state index in [0.717, 1.165) is 31.5 Å². The van der Waals surface area contributed by atoms with Gasteiger partial charge in [-0.2, -0.15) is 0 Å². The molecule has 1 N–H and O–H groups in total. The number of carbonyl (C=O) groups excluding carboxylic acids is 2. The van der Waals surface area contributed by atoms with Crippen molar-refractivity contribution >= 4 is 11.8 Å². The van der Waals surface area contributed by atoms with Gasteiger partial charge in [-0.3, -0.25) is 9.59 Å². The van der Waals surface area contributed by atoms with Gasteiger partial charge in [-0.25, -0.2) is 0 Å². The SMILES string of the molecule is CC[C@@H]1CN(C(C)=O)CC[C@H]1N[C@@H](C)C(=O)N(C)Cc1ccccc1. The predicted octanol–water partition coefficient (Wildman–Crippen LogP) is 2.27. The molecule has 5 heteroatoms. The Bertz CT molecular complexity index is 576. The standard InChI is InChI=1S/C20H31N3O2/c1-5-18-14-23(16(3)24)12-11-19(18)21-15(2)20(25)22(4)13-17-9-7-6-8-10-17/h6-10,15,18-19,21H,5,11-14H2,1-4H3/t15-,18+,19+/m0/s1. The molecule has 1 fully saturated rings. The van der Waals surface area contributed by atoms with Crippen molar-refractivity contribution in [3.63, 3.8) is 0 Å². The Morgan fingerprint density at radius 1 is 1.32 bits per heavy atom. The molecular weight excluding hydrogens is 314 g/mol. The highest BCUT2D eigenvalue weighted by molar-refractivity contribution is 5.81. The first-order valence-electron chi connectivity index (χ1n) is 9.22. The molecule has 138 valence electrons. The summed E-state index contributed by atoms with van der Waals surface area (Å²) in [5.74, 6) is 0.642. The van der Waals surface area contributed by atoms with Gasteiger partial charge in [-0.15, -0.1) is 0 Å². The van der Waals surface area contributed by atoms with Crippen molar-refractivity contribution in [3.8, 4) is 0 Å². The quantitative estimate of drug-likeness (QED) is 0.860. The van der Waals surface area contributed by atoms with Crippen LogP contribution in [0, 0.1) is 5.92 Å². The third kappa shape index (κ3) is 5.30. The summed E-state index contributed by atoms with van der Waals surface area (Å²) in [6, 6.07) is 10.1. The largest absolute Gasteiger partial charge is 0.343 e. The van der Waals surface area contributed by atoms with Crippen LogP contribution in [0.2, 0.25) is 0 Å². The highest BCUT2D eigenvalue weighted by atomic mass is 16.2. The molecule has 0 spiro atoms. The van der Waals surface area contributed by atoms with Gasteiger partial charge in [0.25, 0.3) is 0 Å². The molecule has 1 saturated heterocycles. The number of hydrogen-bond acceptors (Lipinski definition) is 3. The highest BCUT2D eigenvalue weighted by Crippen LogP contribution is 2.21. The van der Waals surface area contributed by atoms with E-state index in [1.807, 2.05) is 49.2 Å². The van der Waals surface area contributed by atoms with Crippen molar-refractivity contribution in [3.05, 3.63) is 35.9 Å². The van der Waals surface area contributed by atoms with Gasteiger partial charge in [0, 0.05) is 39.6 Å². The average Bonchev–Trinajstić information content (AvgIpc) is 2.61. The fraction of sp³-hybridized carbons (Fsp3) is 0.600. The summed E-state index contributed by atoms with van der Waals surface area (Å²) >= 11 is 0. The van der Waals surface area contributed by atoms with Crippen LogP contribution in [0.15, 0.2) is 30.3 Å². The molecule has 1 aliphatic heterocycles. The second-order valence-corrected chi connectivity index (χ2v) is 7.10. The van der Waals surface area contributed by atoms with E-state index in [2.05, 4.69) is 12.2 Å². The van der Waals surface area contributed by atoms with Crippen LogP contribution in [0.4, 0.5) is 0 Å². The molecule has 1 aliphatic rings. The minimum absolute atomic E-state index is 0.104. The summed E-state index contributed by atoms with van der Waals surface area (Å²) in [5, 5.41) is 3.52. The number of rotatable bonds is 6. The molecule has 5 nitrogen and oxygen atoms in total. The number of amides is 2. The Hall–Kier alpha value is -1.88. The predicted molar refractivity (Wildman–Crippen MR) is 100.0 cm³/mol. The van der Waals surface area contributed by atoms with Gasteiger partial charge in [0.2, 0.25) is 11.8 Å². The second-order valence-electron chi connectivity index (χ2n) is 7.10. The maximum atomic E-state index is 12.7. The zero-order valence-electron chi connectivity index (χ0n) is 15.9. The lowest BCUT2D eigenvalue weighted by Gasteiger charge is -2.39. The zero-order chi connectivity index (χ0) is 18.4. The Kier molecular flexibility index (Phi) is 7.00. The Morgan fingerprint density at radius 3 is 2.60 bits per heavy atom. The molecule has 25 heavy (non-hydrogen) atoms. The monoisotopic (exact) mass is 345 g/mol. The van der Waals surface area contributed by atoms with Gasteiger partial charge < -0.3 is 15.1 Å². The Morgan fingerprint density at radius 2 is 2.00 bits per heavy atom. The molecule has 1 aromatic rings. The van der Waals surface area contributed by atoms with Crippen molar-refractivity contribution in [1.82, 2.24) is 15.1 Å².